The van der Waals surface area contributed by atoms with Crippen LogP contribution >= 0.6 is 11.6 Å². The molecule has 3 aliphatic rings. The summed E-state index contributed by atoms with van der Waals surface area (Å²) in [5, 5.41) is 13.7. The SMILES string of the molecule is CO[C@@H]1C[C@H](C)N(c2nc(-c3c(O)cccc3F)c(Cl)c3c2C(=O)N2CCNC[C@@H]2CO3)C1. The summed E-state index contributed by atoms with van der Waals surface area (Å²) in [7, 11) is 1.65. The summed E-state index contributed by atoms with van der Waals surface area (Å²) >= 11 is 6.72. The average Bonchev–Trinajstić information content (AvgIpc) is 3.11. The highest BCUT2D eigenvalue weighted by Gasteiger charge is 2.41. The fraction of sp³-hybridized carbons (Fsp3) is 0.478. The van der Waals surface area contributed by atoms with E-state index in [4.69, 9.17) is 26.1 Å². The smallest absolute Gasteiger partial charge is 0.261 e. The normalized spacial score (nSPS) is 24.8. The number of benzene rings is 1. The Kier molecular flexibility index (Phi) is 5.80. The Labute approximate surface area is 196 Å². The third-order valence-electron chi connectivity index (χ3n) is 6.69. The Morgan fingerprint density at radius 2 is 2.15 bits per heavy atom. The molecule has 0 radical (unpaired) electrons. The molecule has 1 amide bonds. The van der Waals surface area contributed by atoms with Crippen LogP contribution in [0.1, 0.15) is 23.7 Å². The molecule has 5 rings (SSSR count). The van der Waals surface area contributed by atoms with E-state index in [1.54, 1.807) is 12.0 Å². The van der Waals surface area contributed by atoms with Gasteiger partial charge in [-0.2, -0.15) is 0 Å². The van der Waals surface area contributed by atoms with Gasteiger partial charge in [-0.3, -0.25) is 4.79 Å². The van der Waals surface area contributed by atoms with Gasteiger partial charge in [-0.25, -0.2) is 9.37 Å². The second-order valence-electron chi connectivity index (χ2n) is 8.70. The third kappa shape index (κ3) is 3.68. The molecule has 33 heavy (non-hydrogen) atoms. The molecule has 3 aliphatic heterocycles. The standard InChI is InChI=1S/C23H26ClFN4O4/c1-12-8-14(32-2)10-29(12)22-18-21(33-11-13-9-26-6-7-28(13)23(18)31)19(24)20(27-22)17-15(25)4-3-5-16(17)30/h3-5,12-14,26,30H,6-11H2,1-2H3/t12-,13+,14+/m0/s1. The van der Waals surface area contributed by atoms with Gasteiger partial charge in [0.2, 0.25) is 0 Å². The van der Waals surface area contributed by atoms with Crippen molar-refractivity contribution in [2.75, 3.05) is 44.8 Å². The van der Waals surface area contributed by atoms with Crippen LogP contribution in [0.5, 0.6) is 11.5 Å². The Bertz CT molecular complexity index is 1080. The maximum atomic E-state index is 14.8. The van der Waals surface area contributed by atoms with Gasteiger partial charge in [0.25, 0.3) is 5.91 Å². The van der Waals surface area contributed by atoms with Crippen molar-refractivity contribution in [3.63, 3.8) is 0 Å². The van der Waals surface area contributed by atoms with Gasteiger partial charge in [0.15, 0.2) is 5.75 Å². The number of anilines is 1. The summed E-state index contributed by atoms with van der Waals surface area (Å²) in [6, 6.07) is 3.87. The molecule has 2 aromatic rings. The van der Waals surface area contributed by atoms with Crippen molar-refractivity contribution >= 4 is 23.3 Å². The number of ether oxygens (including phenoxy) is 2. The predicted molar refractivity (Wildman–Crippen MR) is 122 cm³/mol. The lowest BCUT2D eigenvalue weighted by molar-refractivity contribution is 0.0606. The van der Waals surface area contributed by atoms with Crippen molar-refractivity contribution in [3.8, 4) is 22.8 Å². The first-order valence-electron chi connectivity index (χ1n) is 11.1. The van der Waals surface area contributed by atoms with Crippen LogP contribution in [-0.4, -0.2) is 79.0 Å². The Morgan fingerprint density at radius 1 is 1.33 bits per heavy atom. The minimum absolute atomic E-state index is 0.00504. The number of hydrogen-bond donors (Lipinski definition) is 2. The van der Waals surface area contributed by atoms with E-state index >= 15 is 0 Å². The Hall–Kier alpha value is -2.62. The number of fused-ring (bicyclic) bond motifs is 2. The molecule has 0 spiro atoms. The summed E-state index contributed by atoms with van der Waals surface area (Å²) in [5.41, 5.74) is 0.189. The number of aromatic nitrogens is 1. The molecule has 1 aromatic heterocycles. The zero-order valence-electron chi connectivity index (χ0n) is 18.5. The van der Waals surface area contributed by atoms with Gasteiger partial charge < -0.3 is 29.7 Å². The predicted octanol–water partition coefficient (Wildman–Crippen LogP) is 2.67. The second kappa shape index (κ2) is 8.62. The van der Waals surface area contributed by atoms with Gasteiger partial charge in [-0.1, -0.05) is 17.7 Å². The number of rotatable bonds is 3. The molecule has 2 N–H and O–H groups in total. The molecule has 2 saturated heterocycles. The molecule has 0 unspecified atom stereocenters. The van der Waals surface area contributed by atoms with E-state index in [2.05, 4.69) is 5.32 Å². The first-order chi connectivity index (χ1) is 15.9. The number of nitrogens with zero attached hydrogens (tertiary/aromatic N) is 3. The largest absolute Gasteiger partial charge is 0.507 e. The lowest BCUT2D eigenvalue weighted by Gasteiger charge is -2.34. The van der Waals surface area contributed by atoms with Crippen molar-refractivity contribution < 1.29 is 23.8 Å². The molecule has 8 nitrogen and oxygen atoms in total. The van der Waals surface area contributed by atoms with Crippen LogP contribution in [0.3, 0.4) is 0 Å². The molecule has 10 heteroatoms. The van der Waals surface area contributed by atoms with E-state index in [-0.39, 0.29) is 64.0 Å². The summed E-state index contributed by atoms with van der Waals surface area (Å²) in [4.78, 5) is 22.3. The highest BCUT2D eigenvalue weighted by molar-refractivity contribution is 6.35. The summed E-state index contributed by atoms with van der Waals surface area (Å²) in [6.07, 6.45) is 0.716. The van der Waals surface area contributed by atoms with Crippen molar-refractivity contribution in [2.45, 2.75) is 31.5 Å². The van der Waals surface area contributed by atoms with E-state index in [1.807, 2.05) is 11.8 Å². The average molecular weight is 477 g/mol. The van der Waals surface area contributed by atoms with Gasteiger partial charge in [0.05, 0.1) is 17.7 Å². The highest BCUT2D eigenvalue weighted by atomic mass is 35.5. The molecule has 2 fully saturated rings. The Morgan fingerprint density at radius 3 is 2.88 bits per heavy atom. The zero-order valence-corrected chi connectivity index (χ0v) is 19.2. The molecule has 3 atom stereocenters. The number of halogens is 2. The lowest BCUT2D eigenvalue weighted by atomic mass is 10.1. The monoisotopic (exact) mass is 476 g/mol. The van der Waals surface area contributed by atoms with Crippen LogP contribution in [0, 0.1) is 5.82 Å². The highest BCUT2D eigenvalue weighted by Crippen LogP contribution is 2.46. The summed E-state index contributed by atoms with van der Waals surface area (Å²) < 4.78 is 26.5. The van der Waals surface area contributed by atoms with Crippen LogP contribution in [0.4, 0.5) is 10.2 Å². The van der Waals surface area contributed by atoms with E-state index in [0.29, 0.717) is 32.0 Å². The number of phenols is 1. The number of carbonyl (C=O) groups is 1. The third-order valence-corrected chi connectivity index (χ3v) is 7.04. The quantitative estimate of drug-likeness (QED) is 0.704. The maximum absolute atomic E-state index is 14.8. The fourth-order valence-electron chi connectivity index (χ4n) is 4.93. The molecule has 0 aliphatic carbocycles. The lowest BCUT2D eigenvalue weighted by Crippen LogP contribution is -2.55. The van der Waals surface area contributed by atoms with Gasteiger partial charge in [-0.15, -0.1) is 0 Å². The number of carbonyl (C=O) groups excluding carboxylic acids is 1. The van der Waals surface area contributed by atoms with E-state index < -0.39 is 5.82 Å². The fourth-order valence-corrected chi connectivity index (χ4v) is 5.21. The molecule has 0 saturated carbocycles. The molecular weight excluding hydrogens is 451 g/mol. The number of methoxy groups -OCH3 is 1. The van der Waals surface area contributed by atoms with E-state index in [9.17, 15) is 14.3 Å². The van der Waals surface area contributed by atoms with Crippen LogP contribution in [0.2, 0.25) is 5.02 Å². The second-order valence-corrected chi connectivity index (χ2v) is 9.08. The molecule has 176 valence electrons. The van der Waals surface area contributed by atoms with Crippen molar-refractivity contribution in [1.29, 1.82) is 0 Å². The number of nitrogens with one attached hydrogen (secondary N) is 1. The number of amides is 1. The molecule has 0 bridgehead atoms. The van der Waals surface area contributed by atoms with Gasteiger partial charge >= 0.3 is 0 Å². The van der Waals surface area contributed by atoms with Crippen LogP contribution in [0.25, 0.3) is 11.3 Å². The van der Waals surface area contributed by atoms with Crippen LogP contribution < -0.4 is 15.0 Å². The number of phenolic OH excluding ortho intramolecular Hbond substituents is 1. The molecule has 4 heterocycles. The summed E-state index contributed by atoms with van der Waals surface area (Å²) in [6.45, 7) is 4.61. The topological polar surface area (TPSA) is 87.2 Å². The van der Waals surface area contributed by atoms with E-state index in [0.717, 1.165) is 6.42 Å². The van der Waals surface area contributed by atoms with Gasteiger partial charge in [-0.05, 0) is 25.5 Å². The maximum Gasteiger partial charge on any atom is 0.261 e. The molecular formula is C23H26ClFN4O4. The van der Waals surface area contributed by atoms with Crippen LogP contribution in [-0.2, 0) is 4.74 Å². The molecule has 1 aromatic carbocycles. The number of piperazine rings is 1. The van der Waals surface area contributed by atoms with E-state index in [1.165, 1.54) is 18.2 Å². The van der Waals surface area contributed by atoms with Gasteiger partial charge in [0.1, 0.15) is 40.3 Å². The first-order valence-corrected chi connectivity index (χ1v) is 11.4. The van der Waals surface area contributed by atoms with Crippen molar-refractivity contribution in [2.24, 2.45) is 0 Å². The van der Waals surface area contributed by atoms with Crippen LogP contribution in [0.15, 0.2) is 18.2 Å². The van der Waals surface area contributed by atoms with Crippen molar-refractivity contribution in [1.82, 2.24) is 15.2 Å². The number of pyridine rings is 1. The number of aromatic hydroxyl groups is 1. The van der Waals surface area contributed by atoms with Crippen molar-refractivity contribution in [3.05, 3.63) is 34.6 Å². The van der Waals surface area contributed by atoms with Gasteiger partial charge in [0, 0.05) is 39.3 Å². The zero-order chi connectivity index (χ0) is 23.3. The Balaban J connectivity index is 1.74. The minimum atomic E-state index is -0.666. The first kappa shape index (κ1) is 22.2. The summed E-state index contributed by atoms with van der Waals surface area (Å²) in [5.74, 6) is -0.631. The minimum Gasteiger partial charge on any atom is -0.507 e. The number of hydrogen-bond acceptors (Lipinski definition) is 7.